The summed E-state index contributed by atoms with van der Waals surface area (Å²) in [6.07, 6.45) is 1.48. The Morgan fingerprint density at radius 1 is 1.14 bits per heavy atom. The number of nitriles is 1. The zero-order valence-electron chi connectivity index (χ0n) is 11.1. The van der Waals surface area contributed by atoms with Gasteiger partial charge in [0.05, 0.1) is 18.9 Å². The molecule has 0 saturated carbocycles. The van der Waals surface area contributed by atoms with E-state index in [1.807, 2.05) is 0 Å². The number of hydrogen-bond donors (Lipinski definition) is 2. The Bertz CT molecular complexity index is 645. The van der Waals surface area contributed by atoms with Crippen LogP contribution in [0.1, 0.15) is 5.76 Å². The lowest BCUT2D eigenvalue weighted by molar-refractivity contribution is -0.130. The van der Waals surface area contributed by atoms with Crippen LogP contribution in [0.15, 0.2) is 53.1 Å². The van der Waals surface area contributed by atoms with Crippen LogP contribution >= 0.6 is 0 Å². The monoisotopic (exact) mass is 283 g/mol. The zero-order valence-corrected chi connectivity index (χ0v) is 11.1. The molecule has 0 unspecified atom stereocenters. The highest BCUT2D eigenvalue weighted by Crippen LogP contribution is 2.08. The Hall–Kier alpha value is -3.07. The molecule has 1 atom stereocenters. The molecule has 0 bridgehead atoms. The molecule has 2 aromatic rings. The molecular weight excluding hydrogens is 270 g/mol. The van der Waals surface area contributed by atoms with E-state index in [0.29, 0.717) is 11.4 Å². The molecule has 6 nitrogen and oxygen atoms in total. The predicted molar refractivity (Wildman–Crippen MR) is 74.7 cm³/mol. The van der Waals surface area contributed by atoms with Crippen LogP contribution in [0, 0.1) is 17.2 Å². The van der Waals surface area contributed by atoms with Crippen molar-refractivity contribution in [3.8, 4) is 6.07 Å². The van der Waals surface area contributed by atoms with Crippen molar-refractivity contribution < 1.29 is 14.0 Å². The number of furan rings is 1. The van der Waals surface area contributed by atoms with E-state index in [1.54, 1.807) is 48.5 Å². The van der Waals surface area contributed by atoms with Gasteiger partial charge in [0.1, 0.15) is 5.76 Å². The van der Waals surface area contributed by atoms with E-state index < -0.39 is 17.7 Å². The molecule has 2 amide bonds. The van der Waals surface area contributed by atoms with E-state index >= 15 is 0 Å². The summed E-state index contributed by atoms with van der Waals surface area (Å²) in [5.74, 6) is -2.20. The van der Waals surface area contributed by atoms with E-state index in [-0.39, 0.29) is 6.54 Å². The third-order valence-corrected chi connectivity index (χ3v) is 2.71. The van der Waals surface area contributed by atoms with Crippen LogP contribution in [-0.4, -0.2) is 11.8 Å². The highest BCUT2D eigenvalue weighted by molar-refractivity contribution is 6.08. The van der Waals surface area contributed by atoms with Crippen LogP contribution in [0.2, 0.25) is 0 Å². The lowest BCUT2D eigenvalue weighted by Crippen LogP contribution is -2.37. The second-order valence-corrected chi connectivity index (χ2v) is 4.21. The van der Waals surface area contributed by atoms with Crippen molar-refractivity contribution in [1.82, 2.24) is 5.32 Å². The Balaban J connectivity index is 1.93. The van der Waals surface area contributed by atoms with Gasteiger partial charge in [-0.25, -0.2) is 0 Å². The average Bonchev–Trinajstić information content (AvgIpc) is 3.00. The summed E-state index contributed by atoms with van der Waals surface area (Å²) in [7, 11) is 0. The molecule has 0 fully saturated rings. The molecule has 0 aliphatic heterocycles. The smallest absolute Gasteiger partial charge is 0.251 e. The van der Waals surface area contributed by atoms with Crippen LogP contribution in [0.5, 0.6) is 0 Å². The molecule has 0 aliphatic rings. The average molecular weight is 283 g/mol. The van der Waals surface area contributed by atoms with Gasteiger partial charge in [0.2, 0.25) is 11.8 Å². The first-order chi connectivity index (χ1) is 10.2. The summed E-state index contributed by atoms with van der Waals surface area (Å²) in [4.78, 5) is 23.8. The topological polar surface area (TPSA) is 95.1 Å². The SMILES string of the molecule is N#C[C@@H](C(=O)NCc1ccco1)C(=O)Nc1ccccc1. The quantitative estimate of drug-likeness (QED) is 0.816. The molecule has 0 aliphatic carbocycles. The van der Waals surface area contributed by atoms with Crippen molar-refractivity contribution in [3.05, 3.63) is 54.5 Å². The molecule has 21 heavy (non-hydrogen) atoms. The fraction of sp³-hybridized carbons (Fsp3) is 0.133. The summed E-state index contributed by atoms with van der Waals surface area (Å²) in [5.41, 5.74) is 0.529. The van der Waals surface area contributed by atoms with Crippen LogP contribution in [0.25, 0.3) is 0 Å². The van der Waals surface area contributed by atoms with E-state index in [1.165, 1.54) is 6.26 Å². The first-order valence-electron chi connectivity index (χ1n) is 6.26. The van der Waals surface area contributed by atoms with E-state index in [2.05, 4.69) is 10.6 Å². The number of carbonyl (C=O) groups excluding carboxylic acids is 2. The Morgan fingerprint density at radius 3 is 2.52 bits per heavy atom. The molecule has 0 spiro atoms. The van der Waals surface area contributed by atoms with E-state index in [9.17, 15) is 9.59 Å². The number of rotatable bonds is 5. The molecule has 106 valence electrons. The minimum absolute atomic E-state index is 0.128. The summed E-state index contributed by atoms with van der Waals surface area (Å²) in [5, 5.41) is 14.0. The number of amides is 2. The van der Waals surface area contributed by atoms with Crippen molar-refractivity contribution in [2.75, 3.05) is 5.32 Å². The summed E-state index contributed by atoms with van der Waals surface area (Å²) >= 11 is 0. The van der Waals surface area contributed by atoms with Crippen LogP contribution in [-0.2, 0) is 16.1 Å². The second kappa shape index (κ2) is 6.91. The molecule has 1 heterocycles. The van der Waals surface area contributed by atoms with Crippen molar-refractivity contribution in [2.45, 2.75) is 6.54 Å². The van der Waals surface area contributed by atoms with Gasteiger partial charge in [-0.05, 0) is 24.3 Å². The van der Waals surface area contributed by atoms with Gasteiger partial charge in [-0.15, -0.1) is 0 Å². The number of nitrogens with zero attached hydrogens (tertiary/aromatic N) is 1. The van der Waals surface area contributed by atoms with Gasteiger partial charge >= 0.3 is 0 Å². The number of anilines is 1. The van der Waals surface area contributed by atoms with Gasteiger partial charge in [0.15, 0.2) is 0 Å². The van der Waals surface area contributed by atoms with Gasteiger partial charge < -0.3 is 15.1 Å². The number of hydrogen-bond acceptors (Lipinski definition) is 4. The van der Waals surface area contributed by atoms with Gasteiger partial charge in [-0.1, -0.05) is 18.2 Å². The minimum atomic E-state index is -1.42. The van der Waals surface area contributed by atoms with Gasteiger partial charge in [0, 0.05) is 5.69 Å². The van der Waals surface area contributed by atoms with E-state index in [4.69, 9.17) is 9.68 Å². The molecule has 2 rings (SSSR count). The molecule has 2 N–H and O–H groups in total. The predicted octanol–water partition coefficient (Wildman–Crippen LogP) is 1.67. The largest absolute Gasteiger partial charge is 0.467 e. The molecular formula is C15H13N3O3. The maximum Gasteiger partial charge on any atom is 0.251 e. The van der Waals surface area contributed by atoms with Crippen LogP contribution in [0.4, 0.5) is 5.69 Å². The fourth-order valence-corrected chi connectivity index (χ4v) is 1.66. The van der Waals surface area contributed by atoms with Gasteiger partial charge in [-0.3, -0.25) is 9.59 Å². The highest BCUT2D eigenvalue weighted by atomic mass is 16.3. The third kappa shape index (κ3) is 3.94. The maximum atomic E-state index is 11.9. The first kappa shape index (κ1) is 14.3. The normalized spacial score (nSPS) is 11.2. The molecule has 6 heteroatoms. The fourth-order valence-electron chi connectivity index (χ4n) is 1.66. The first-order valence-corrected chi connectivity index (χ1v) is 6.26. The van der Waals surface area contributed by atoms with Gasteiger partial charge in [0.25, 0.3) is 5.91 Å². The molecule has 1 aromatic carbocycles. The third-order valence-electron chi connectivity index (χ3n) is 2.71. The zero-order chi connectivity index (χ0) is 15.1. The lowest BCUT2D eigenvalue weighted by atomic mass is 10.1. The highest BCUT2D eigenvalue weighted by Gasteiger charge is 2.26. The Morgan fingerprint density at radius 2 is 1.90 bits per heavy atom. The minimum Gasteiger partial charge on any atom is -0.467 e. The van der Waals surface area contributed by atoms with Gasteiger partial charge in [-0.2, -0.15) is 5.26 Å². The maximum absolute atomic E-state index is 11.9. The number of carbonyl (C=O) groups is 2. The number of para-hydroxylation sites is 1. The van der Waals surface area contributed by atoms with E-state index in [0.717, 1.165) is 0 Å². The number of nitrogens with one attached hydrogen (secondary N) is 2. The second-order valence-electron chi connectivity index (χ2n) is 4.21. The summed E-state index contributed by atoms with van der Waals surface area (Å²) < 4.78 is 5.06. The molecule has 1 aromatic heterocycles. The lowest BCUT2D eigenvalue weighted by Gasteiger charge is -2.10. The summed E-state index contributed by atoms with van der Waals surface area (Å²) in [6.45, 7) is 0.128. The van der Waals surface area contributed by atoms with Crippen molar-refractivity contribution in [1.29, 1.82) is 5.26 Å². The molecule has 0 saturated heterocycles. The Kier molecular flexibility index (Phi) is 4.72. The van der Waals surface area contributed by atoms with Crippen molar-refractivity contribution in [2.24, 2.45) is 5.92 Å². The number of benzene rings is 1. The molecule has 0 radical (unpaired) electrons. The van der Waals surface area contributed by atoms with Crippen molar-refractivity contribution in [3.63, 3.8) is 0 Å². The van der Waals surface area contributed by atoms with Crippen LogP contribution in [0.3, 0.4) is 0 Å². The van der Waals surface area contributed by atoms with Crippen LogP contribution < -0.4 is 10.6 Å². The van der Waals surface area contributed by atoms with Crippen molar-refractivity contribution >= 4 is 17.5 Å². The standard InChI is InChI=1S/C15H13N3O3/c16-9-13(14(19)17-10-12-7-4-8-21-12)15(20)18-11-5-2-1-3-6-11/h1-8,13H,10H2,(H,17,19)(H,18,20)/t13-/m0/s1. The Labute approximate surface area is 121 Å². The summed E-state index contributed by atoms with van der Waals surface area (Å²) in [6, 6.07) is 13.7.